The molecule has 10 heteroatoms. The van der Waals surface area contributed by atoms with E-state index in [9.17, 15) is 4.79 Å². The summed E-state index contributed by atoms with van der Waals surface area (Å²) in [6, 6.07) is 19.5. The third-order valence-corrected chi connectivity index (χ3v) is 6.08. The van der Waals surface area contributed by atoms with Crippen molar-refractivity contribution in [1.29, 1.82) is 0 Å². The van der Waals surface area contributed by atoms with Gasteiger partial charge in [-0.3, -0.25) is 14.7 Å². The molecule has 0 saturated heterocycles. The van der Waals surface area contributed by atoms with Gasteiger partial charge in [0.05, 0.1) is 5.75 Å². The van der Waals surface area contributed by atoms with Gasteiger partial charge in [0.15, 0.2) is 10.9 Å². The number of nitrogens with one attached hydrogen (secondary N) is 1. The van der Waals surface area contributed by atoms with Crippen LogP contribution >= 0.6 is 23.1 Å². The van der Waals surface area contributed by atoms with E-state index in [1.54, 1.807) is 0 Å². The van der Waals surface area contributed by atoms with Crippen molar-refractivity contribution < 1.29 is 9.21 Å². The fourth-order valence-electron chi connectivity index (χ4n) is 3.06. The smallest absolute Gasteiger partial charge is 0.236 e. The Hall–Kier alpha value is -3.50. The molecule has 0 radical (unpaired) electrons. The number of para-hydroxylation sites is 2. The van der Waals surface area contributed by atoms with Gasteiger partial charge in [-0.25, -0.2) is 0 Å². The number of furan rings is 1. The van der Waals surface area contributed by atoms with Crippen LogP contribution in [0.2, 0.25) is 0 Å². The number of aryl methyl sites for hydroxylation is 1. The Labute approximate surface area is 185 Å². The van der Waals surface area contributed by atoms with Crippen molar-refractivity contribution in [2.45, 2.75) is 12.1 Å². The van der Waals surface area contributed by atoms with Crippen molar-refractivity contribution >= 4 is 45.1 Å². The highest BCUT2D eigenvalue weighted by Gasteiger charge is 2.20. The second kappa shape index (κ2) is 8.32. The molecule has 0 spiro atoms. The predicted octanol–water partition coefficient (Wildman–Crippen LogP) is 4.57. The first-order valence-corrected chi connectivity index (χ1v) is 11.2. The summed E-state index contributed by atoms with van der Waals surface area (Å²) in [5, 5.41) is 22.1. The van der Waals surface area contributed by atoms with Crippen molar-refractivity contribution in [2.24, 2.45) is 0 Å². The molecule has 0 aliphatic rings. The summed E-state index contributed by atoms with van der Waals surface area (Å²) < 4.78 is 7.90. The number of benzene rings is 2. The number of rotatable bonds is 6. The summed E-state index contributed by atoms with van der Waals surface area (Å²) in [7, 11) is 0. The number of hydrogen-bond donors (Lipinski definition) is 1. The molecular formula is C21H16N6O2S2. The van der Waals surface area contributed by atoms with Gasteiger partial charge in [0.2, 0.25) is 16.9 Å². The number of nitrogens with zero attached hydrogens (tertiary/aromatic N) is 5. The Kier molecular flexibility index (Phi) is 5.23. The third kappa shape index (κ3) is 4.07. The molecule has 0 aliphatic heterocycles. The third-order valence-electron chi connectivity index (χ3n) is 4.40. The summed E-state index contributed by atoms with van der Waals surface area (Å²) in [4.78, 5) is 12.4. The Morgan fingerprint density at radius 1 is 1.06 bits per heavy atom. The van der Waals surface area contributed by atoms with Gasteiger partial charge in [-0.1, -0.05) is 59.5 Å². The minimum atomic E-state index is -0.186. The fourth-order valence-corrected chi connectivity index (χ4v) is 4.42. The minimum absolute atomic E-state index is 0.156. The second-order valence-corrected chi connectivity index (χ2v) is 8.71. The fraction of sp³-hybridized carbons (Fsp3) is 0.0952. The molecule has 1 amide bonds. The summed E-state index contributed by atoms with van der Waals surface area (Å²) in [6.45, 7) is 1.84. The highest BCUT2D eigenvalue weighted by atomic mass is 32.2. The first kappa shape index (κ1) is 19.5. The minimum Gasteiger partial charge on any atom is -0.453 e. The van der Waals surface area contributed by atoms with Crippen LogP contribution in [0, 0.1) is 6.92 Å². The van der Waals surface area contributed by atoms with Crippen molar-refractivity contribution in [3.05, 3.63) is 65.7 Å². The monoisotopic (exact) mass is 448 g/mol. The van der Waals surface area contributed by atoms with Crippen LogP contribution < -0.4 is 5.32 Å². The zero-order valence-corrected chi connectivity index (χ0v) is 18.0. The van der Waals surface area contributed by atoms with Crippen molar-refractivity contribution in [3.8, 4) is 17.3 Å². The summed E-state index contributed by atoms with van der Waals surface area (Å²) in [6.07, 6.45) is 0. The first-order valence-electron chi connectivity index (χ1n) is 9.40. The van der Waals surface area contributed by atoms with Crippen LogP contribution in [-0.4, -0.2) is 36.6 Å². The maximum Gasteiger partial charge on any atom is 0.236 e. The lowest BCUT2D eigenvalue weighted by atomic mass is 10.2. The lowest BCUT2D eigenvalue weighted by molar-refractivity contribution is -0.113. The molecule has 3 heterocycles. The van der Waals surface area contributed by atoms with Gasteiger partial charge in [0.1, 0.15) is 10.6 Å². The van der Waals surface area contributed by atoms with E-state index in [4.69, 9.17) is 4.42 Å². The lowest BCUT2D eigenvalue weighted by Gasteiger charge is -2.08. The summed E-state index contributed by atoms with van der Waals surface area (Å²) in [5.41, 5.74) is 1.66. The molecule has 5 aromatic rings. The molecule has 0 saturated carbocycles. The number of anilines is 1. The van der Waals surface area contributed by atoms with Crippen molar-refractivity contribution in [1.82, 2.24) is 25.0 Å². The van der Waals surface area contributed by atoms with Gasteiger partial charge in [0.25, 0.3) is 0 Å². The maximum absolute atomic E-state index is 12.4. The molecule has 31 heavy (non-hydrogen) atoms. The summed E-state index contributed by atoms with van der Waals surface area (Å²) in [5.74, 6) is 1.15. The molecule has 5 rings (SSSR count). The number of amides is 1. The number of carbonyl (C=O) groups excluding carboxylic acids is 1. The van der Waals surface area contributed by atoms with E-state index in [2.05, 4.69) is 25.7 Å². The normalized spacial score (nSPS) is 11.1. The van der Waals surface area contributed by atoms with Crippen LogP contribution in [0.25, 0.3) is 28.2 Å². The number of thioether (sulfide) groups is 1. The highest BCUT2D eigenvalue weighted by molar-refractivity contribution is 7.99. The second-order valence-electron chi connectivity index (χ2n) is 6.59. The van der Waals surface area contributed by atoms with E-state index in [1.165, 1.54) is 23.1 Å². The standard InChI is InChI=1S/C21H16N6O2S2/c1-13-23-25-20(31-13)22-18(28)12-30-21-26-24-19(27(21)15-8-3-2-4-9-15)17-11-14-7-5-6-10-16(14)29-17/h2-11H,12H2,1H3,(H,22,25,28). The van der Waals surface area contributed by atoms with Crippen LogP contribution in [0.15, 0.2) is 70.2 Å². The van der Waals surface area contributed by atoms with E-state index < -0.39 is 0 Å². The molecule has 154 valence electrons. The molecule has 0 bridgehead atoms. The molecule has 0 aliphatic carbocycles. The Morgan fingerprint density at radius 3 is 2.65 bits per heavy atom. The van der Waals surface area contributed by atoms with Gasteiger partial charge >= 0.3 is 0 Å². The molecule has 1 N–H and O–H groups in total. The maximum atomic E-state index is 12.4. The van der Waals surface area contributed by atoms with Gasteiger partial charge < -0.3 is 4.42 Å². The number of aromatic nitrogens is 5. The number of fused-ring (bicyclic) bond motifs is 1. The average Bonchev–Trinajstić information content (AvgIpc) is 3.50. The van der Waals surface area contributed by atoms with Crippen molar-refractivity contribution in [3.63, 3.8) is 0 Å². The Morgan fingerprint density at radius 2 is 1.87 bits per heavy atom. The molecule has 8 nitrogen and oxygen atoms in total. The Balaban J connectivity index is 1.45. The van der Waals surface area contributed by atoms with Crippen LogP contribution in [-0.2, 0) is 4.79 Å². The van der Waals surface area contributed by atoms with E-state index in [0.29, 0.717) is 21.9 Å². The highest BCUT2D eigenvalue weighted by Crippen LogP contribution is 2.31. The van der Waals surface area contributed by atoms with E-state index in [0.717, 1.165) is 21.7 Å². The quantitative estimate of drug-likeness (QED) is 0.380. The van der Waals surface area contributed by atoms with Gasteiger partial charge in [-0.05, 0) is 31.2 Å². The van der Waals surface area contributed by atoms with Crippen molar-refractivity contribution in [2.75, 3.05) is 11.1 Å². The SMILES string of the molecule is Cc1nnc(NC(=O)CSc2nnc(-c3cc4ccccc4o3)n2-c2ccccc2)s1. The number of carbonyl (C=O) groups is 1. The zero-order valence-electron chi connectivity index (χ0n) is 16.3. The molecule has 3 aromatic heterocycles. The number of hydrogen-bond acceptors (Lipinski definition) is 8. The topological polar surface area (TPSA) is 98.7 Å². The van der Waals surface area contributed by atoms with E-state index in [-0.39, 0.29) is 11.7 Å². The van der Waals surface area contributed by atoms with Crippen LogP contribution in [0.5, 0.6) is 0 Å². The zero-order chi connectivity index (χ0) is 21.2. The van der Waals surface area contributed by atoms with Crippen LogP contribution in [0.1, 0.15) is 5.01 Å². The van der Waals surface area contributed by atoms with Gasteiger partial charge in [-0.15, -0.1) is 20.4 Å². The van der Waals surface area contributed by atoms with Crippen LogP contribution in [0.3, 0.4) is 0 Å². The summed E-state index contributed by atoms with van der Waals surface area (Å²) >= 11 is 2.62. The molecule has 0 atom stereocenters. The predicted molar refractivity (Wildman–Crippen MR) is 121 cm³/mol. The van der Waals surface area contributed by atoms with E-state index in [1.807, 2.05) is 72.2 Å². The Bertz CT molecular complexity index is 1330. The largest absolute Gasteiger partial charge is 0.453 e. The average molecular weight is 449 g/mol. The first-order chi connectivity index (χ1) is 15.2. The van der Waals surface area contributed by atoms with E-state index >= 15 is 0 Å². The lowest BCUT2D eigenvalue weighted by Crippen LogP contribution is -2.14. The van der Waals surface area contributed by atoms with Crippen LogP contribution in [0.4, 0.5) is 5.13 Å². The molecule has 0 unspecified atom stereocenters. The molecule has 2 aromatic carbocycles. The molecular weight excluding hydrogens is 432 g/mol. The van der Waals surface area contributed by atoms with Gasteiger partial charge in [-0.2, -0.15) is 0 Å². The molecule has 0 fully saturated rings. The van der Waals surface area contributed by atoms with Gasteiger partial charge in [0, 0.05) is 11.1 Å².